The van der Waals surface area contributed by atoms with Gasteiger partial charge in [-0.1, -0.05) is 19.9 Å². The van der Waals surface area contributed by atoms with Crippen molar-refractivity contribution < 1.29 is 33.0 Å². The molecule has 1 N–H and O–H groups in total. The van der Waals surface area contributed by atoms with Crippen LogP contribution in [0.3, 0.4) is 0 Å². The topological polar surface area (TPSA) is 113 Å². The highest BCUT2D eigenvalue weighted by Gasteiger charge is 2.29. The molecular formula is C27H29NO8. The van der Waals surface area contributed by atoms with Gasteiger partial charge in [-0.15, -0.1) is 0 Å². The van der Waals surface area contributed by atoms with Crippen LogP contribution in [0.15, 0.2) is 51.9 Å². The SMILES string of the molecule is CC(C)[C@@H](NC(=O)OC(C)(C)C)C(=O)Oc1ccc2c(=O)c(-c3ccc4c(c3)OCCO4)coc2c1. The molecule has 0 fully saturated rings. The maximum atomic E-state index is 13.2. The number of rotatable bonds is 5. The van der Waals surface area contributed by atoms with Gasteiger partial charge in [0.05, 0.1) is 10.9 Å². The van der Waals surface area contributed by atoms with E-state index in [0.717, 1.165) is 0 Å². The molecule has 0 bridgehead atoms. The minimum absolute atomic E-state index is 0.180. The van der Waals surface area contributed by atoms with Gasteiger partial charge in [0.2, 0.25) is 0 Å². The molecule has 190 valence electrons. The number of fused-ring (bicyclic) bond motifs is 2. The van der Waals surface area contributed by atoms with E-state index in [0.29, 0.717) is 41.2 Å². The molecule has 3 aromatic rings. The number of ether oxygens (including phenoxy) is 4. The fraction of sp³-hybridized carbons (Fsp3) is 0.370. The maximum absolute atomic E-state index is 13.2. The number of carbonyl (C=O) groups excluding carboxylic acids is 2. The van der Waals surface area contributed by atoms with Gasteiger partial charge in [-0.25, -0.2) is 9.59 Å². The lowest BCUT2D eigenvalue weighted by Crippen LogP contribution is -2.48. The van der Waals surface area contributed by atoms with Crippen molar-refractivity contribution in [2.24, 2.45) is 5.92 Å². The first-order valence-corrected chi connectivity index (χ1v) is 11.7. The molecule has 0 saturated carbocycles. The predicted molar refractivity (Wildman–Crippen MR) is 133 cm³/mol. The molecule has 0 radical (unpaired) electrons. The molecule has 2 aromatic carbocycles. The predicted octanol–water partition coefficient (Wildman–Crippen LogP) is 4.69. The van der Waals surface area contributed by atoms with E-state index in [1.165, 1.54) is 24.5 Å². The first kappa shape index (κ1) is 25.1. The minimum atomic E-state index is -0.930. The Bertz CT molecular complexity index is 1350. The van der Waals surface area contributed by atoms with Gasteiger partial charge in [0, 0.05) is 6.07 Å². The van der Waals surface area contributed by atoms with Gasteiger partial charge in [0.1, 0.15) is 42.5 Å². The highest BCUT2D eigenvalue weighted by molar-refractivity contribution is 5.86. The Hall–Kier alpha value is -4.01. The Morgan fingerprint density at radius 1 is 1.00 bits per heavy atom. The molecule has 0 unspecified atom stereocenters. The van der Waals surface area contributed by atoms with Crippen molar-refractivity contribution in [3.8, 4) is 28.4 Å². The van der Waals surface area contributed by atoms with Crippen LogP contribution in [-0.4, -0.2) is 36.9 Å². The van der Waals surface area contributed by atoms with Crippen molar-refractivity contribution >= 4 is 23.0 Å². The Labute approximate surface area is 208 Å². The van der Waals surface area contributed by atoms with Crippen molar-refractivity contribution in [2.45, 2.75) is 46.3 Å². The molecule has 1 aromatic heterocycles. The summed E-state index contributed by atoms with van der Waals surface area (Å²) in [5.74, 6) is 0.462. The molecule has 0 spiro atoms. The summed E-state index contributed by atoms with van der Waals surface area (Å²) < 4.78 is 27.6. The molecule has 36 heavy (non-hydrogen) atoms. The Morgan fingerprint density at radius 3 is 2.42 bits per heavy atom. The van der Waals surface area contributed by atoms with Crippen LogP contribution in [-0.2, 0) is 9.53 Å². The second kappa shape index (κ2) is 9.93. The fourth-order valence-corrected chi connectivity index (χ4v) is 3.69. The molecule has 2 heterocycles. The lowest BCUT2D eigenvalue weighted by Gasteiger charge is -2.24. The van der Waals surface area contributed by atoms with Crippen LogP contribution in [0.4, 0.5) is 4.79 Å². The van der Waals surface area contributed by atoms with Crippen molar-refractivity contribution in [1.29, 1.82) is 0 Å². The second-order valence-corrected chi connectivity index (χ2v) is 9.78. The summed E-state index contributed by atoms with van der Waals surface area (Å²) in [6.45, 7) is 9.68. The third-order valence-corrected chi connectivity index (χ3v) is 5.41. The fourth-order valence-electron chi connectivity index (χ4n) is 3.69. The summed E-state index contributed by atoms with van der Waals surface area (Å²) >= 11 is 0. The van der Waals surface area contributed by atoms with E-state index in [1.54, 1.807) is 52.8 Å². The number of nitrogens with one attached hydrogen (secondary N) is 1. The van der Waals surface area contributed by atoms with Gasteiger partial charge in [-0.2, -0.15) is 0 Å². The third kappa shape index (κ3) is 5.62. The molecule has 9 heteroatoms. The zero-order valence-electron chi connectivity index (χ0n) is 20.9. The zero-order valence-corrected chi connectivity index (χ0v) is 20.9. The van der Waals surface area contributed by atoms with E-state index in [-0.39, 0.29) is 22.7 Å². The number of hydrogen-bond donors (Lipinski definition) is 1. The van der Waals surface area contributed by atoms with Crippen LogP contribution in [0.25, 0.3) is 22.1 Å². The van der Waals surface area contributed by atoms with E-state index in [1.807, 2.05) is 0 Å². The van der Waals surface area contributed by atoms with Gasteiger partial charge in [-0.05, 0) is 56.5 Å². The lowest BCUT2D eigenvalue weighted by atomic mass is 10.0. The van der Waals surface area contributed by atoms with E-state index < -0.39 is 23.7 Å². The van der Waals surface area contributed by atoms with Gasteiger partial charge in [-0.3, -0.25) is 4.79 Å². The van der Waals surface area contributed by atoms with Gasteiger partial charge in [0.15, 0.2) is 16.9 Å². The number of carbonyl (C=O) groups is 2. The van der Waals surface area contributed by atoms with Crippen LogP contribution >= 0.6 is 0 Å². The smallest absolute Gasteiger partial charge is 0.408 e. The zero-order chi connectivity index (χ0) is 26.0. The van der Waals surface area contributed by atoms with E-state index in [4.69, 9.17) is 23.4 Å². The minimum Gasteiger partial charge on any atom is -0.486 e. The van der Waals surface area contributed by atoms with E-state index in [2.05, 4.69) is 5.32 Å². The Morgan fingerprint density at radius 2 is 1.72 bits per heavy atom. The van der Waals surface area contributed by atoms with Crippen molar-refractivity contribution in [2.75, 3.05) is 13.2 Å². The monoisotopic (exact) mass is 495 g/mol. The summed E-state index contributed by atoms with van der Waals surface area (Å²) in [6.07, 6.45) is 0.650. The number of benzene rings is 2. The second-order valence-electron chi connectivity index (χ2n) is 9.78. The molecule has 1 atom stereocenters. The van der Waals surface area contributed by atoms with Crippen LogP contribution < -0.4 is 25.0 Å². The summed E-state index contributed by atoms with van der Waals surface area (Å²) in [5, 5.41) is 2.89. The summed E-state index contributed by atoms with van der Waals surface area (Å²) in [6, 6.07) is 8.85. The highest BCUT2D eigenvalue weighted by Crippen LogP contribution is 2.34. The number of esters is 1. The van der Waals surface area contributed by atoms with Gasteiger partial charge >= 0.3 is 12.1 Å². The largest absolute Gasteiger partial charge is 0.486 e. The van der Waals surface area contributed by atoms with Crippen molar-refractivity contribution in [3.63, 3.8) is 0 Å². The number of alkyl carbamates (subject to hydrolysis) is 1. The van der Waals surface area contributed by atoms with Crippen LogP contribution in [0, 0.1) is 5.92 Å². The third-order valence-electron chi connectivity index (χ3n) is 5.41. The molecule has 1 aliphatic rings. The first-order chi connectivity index (χ1) is 17.0. The molecule has 4 rings (SSSR count). The molecule has 1 amide bonds. The molecular weight excluding hydrogens is 466 g/mol. The number of amides is 1. The number of hydrogen-bond acceptors (Lipinski definition) is 8. The molecule has 0 aliphatic carbocycles. The molecule has 0 saturated heterocycles. The van der Waals surface area contributed by atoms with E-state index >= 15 is 0 Å². The van der Waals surface area contributed by atoms with Gasteiger partial charge in [0.25, 0.3) is 0 Å². The van der Waals surface area contributed by atoms with Gasteiger partial charge < -0.3 is 28.7 Å². The highest BCUT2D eigenvalue weighted by atomic mass is 16.6. The molecule has 9 nitrogen and oxygen atoms in total. The lowest BCUT2D eigenvalue weighted by molar-refractivity contribution is -0.137. The standard InChI is InChI=1S/C27H29NO8/c1-15(2)23(28-26(31)36-27(3,4)5)25(30)35-17-7-8-18-21(13-17)34-14-19(24(18)29)16-6-9-20-22(12-16)33-11-10-32-20/h6-9,12-15,23H,10-11H2,1-5H3,(H,28,31)/t23-/m1/s1. The van der Waals surface area contributed by atoms with Crippen molar-refractivity contribution in [1.82, 2.24) is 5.32 Å². The summed E-state index contributed by atoms with van der Waals surface area (Å²) in [7, 11) is 0. The Kier molecular flexibility index (Phi) is 6.92. The normalized spacial score (nSPS) is 13.8. The quantitative estimate of drug-likeness (QED) is 0.401. The Balaban J connectivity index is 1.54. The first-order valence-electron chi connectivity index (χ1n) is 11.7. The summed E-state index contributed by atoms with van der Waals surface area (Å²) in [5.41, 5.74) is 0.318. The van der Waals surface area contributed by atoms with Crippen LogP contribution in [0.5, 0.6) is 17.2 Å². The average molecular weight is 496 g/mol. The van der Waals surface area contributed by atoms with Crippen LogP contribution in [0.1, 0.15) is 34.6 Å². The average Bonchev–Trinajstić information content (AvgIpc) is 2.81. The maximum Gasteiger partial charge on any atom is 0.408 e. The van der Waals surface area contributed by atoms with Crippen LogP contribution in [0.2, 0.25) is 0 Å². The molecule has 1 aliphatic heterocycles. The van der Waals surface area contributed by atoms with E-state index in [9.17, 15) is 14.4 Å². The summed E-state index contributed by atoms with van der Waals surface area (Å²) in [4.78, 5) is 38.1. The van der Waals surface area contributed by atoms with Crippen molar-refractivity contribution in [3.05, 3.63) is 52.9 Å².